The third-order valence-electron chi connectivity index (χ3n) is 3.25. The molecule has 0 bridgehead atoms. The van der Waals surface area contributed by atoms with E-state index in [1.807, 2.05) is 0 Å². The summed E-state index contributed by atoms with van der Waals surface area (Å²) in [6.07, 6.45) is 1.45. The van der Waals surface area contributed by atoms with Crippen LogP contribution in [0, 0.1) is 12.8 Å². The van der Waals surface area contributed by atoms with Crippen LogP contribution in [0.15, 0.2) is 23.1 Å². The van der Waals surface area contributed by atoms with Crippen molar-refractivity contribution in [2.45, 2.75) is 30.7 Å². The molecule has 2 rings (SSSR count). The number of aliphatic carboxylic acids is 1. The van der Waals surface area contributed by atoms with Crippen molar-refractivity contribution < 1.29 is 23.1 Å². The third-order valence-corrected chi connectivity index (χ3v) is 4.71. The van der Waals surface area contributed by atoms with Crippen molar-refractivity contribution >= 4 is 16.0 Å². The Morgan fingerprint density at radius 2 is 2.10 bits per heavy atom. The summed E-state index contributed by atoms with van der Waals surface area (Å²) in [7, 11) is -2.56. The summed E-state index contributed by atoms with van der Waals surface area (Å²) in [5, 5.41) is 9.12. The highest BCUT2D eigenvalue weighted by Crippen LogP contribution is 2.34. The van der Waals surface area contributed by atoms with E-state index in [0.29, 0.717) is 0 Å². The Morgan fingerprint density at radius 3 is 2.60 bits per heavy atom. The van der Waals surface area contributed by atoms with Crippen molar-refractivity contribution in [2.24, 2.45) is 5.92 Å². The zero-order chi connectivity index (χ0) is 14.9. The number of ether oxygens (including phenoxy) is 1. The van der Waals surface area contributed by atoms with E-state index < -0.39 is 22.0 Å². The normalized spacial score (nSPS) is 16.7. The van der Waals surface area contributed by atoms with Gasteiger partial charge in [0.15, 0.2) is 0 Å². The number of hydrogen-bond acceptors (Lipinski definition) is 4. The lowest BCUT2D eigenvalue weighted by molar-refractivity contribution is -0.139. The van der Waals surface area contributed by atoms with Crippen LogP contribution >= 0.6 is 0 Å². The summed E-state index contributed by atoms with van der Waals surface area (Å²) in [5.41, 5.74) is 0.754. The second-order valence-corrected chi connectivity index (χ2v) is 6.61. The Balaban J connectivity index is 2.34. The number of methoxy groups -OCH3 is 1. The number of carbonyl (C=O) groups is 1. The van der Waals surface area contributed by atoms with E-state index in [1.165, 1.54) is 13.2 Å². The third kappa shape index (κ3) is 3.10. The highest BCUT2D eigenvalue weighted by atomic mass is 32.2. The molecule has 0 radical (unpaired) electrons. The summed E-state index contributed by atoms with van der Waals surface area (Å²) in [5.74, 6) is -1.08. The van der Waals surface area contributed by atoms with Crippen molar-refractivity contribution in [3.63, 3.8) is 0 Å². The molecule has 1 aliphatic carbocycles. The van der Waals surface area contributed by atoms with E-state index in [9.17, 15) is 13.2 Å². The average molecular weight is 299 g/mol. The number of hydrogen-bond donors (Lipinski definition) is 2. The largest absolute Gasteiger partial charge is 0.495 e. The van der Waals surface area contributed by atoms with Gasteiger partial charge in [-0.3, -0.25) is 4.79 Å². The lowest BCUT2D eigenvalue weighted by atomic mass is 10.2. The molecule has 6 nitrogen and oxygen atoms in total. The van der Waals surface area contributed by atoms with Gasteiger partial charge in [-0.05, 0) is 43.4 Å². The van der Waals surface area contributed by atoms with Crippen LogP contribution < -0.4 is 9.46 Å². The molecule has 1 aliphatic rings. The summed E-state index contributed by atoms with van der Waals surface area (Å²) in [4.78, 5) is 11.1. The first-order valence-electron chi connectivity index (χ1n) is 6.25. The molecule has 0 heterocycles. The van der Waals surface area contributed by atoms with E-state index in [1.54, 1.807) is 19.1 Å². The number of carboxylic acid groups (broad SMARTS) is 1. The summed E-state index contributed by atoms with van der Waals surface area (Å²) in [6, 6.07) is 3.67. The van der Waals surface area contributed by atoms with E-state index in [-0.39, 0.29) is 16.6 Å². The van der Waals surface area contributed by atoms with Crippen molar-refractivity contribution in [3.05, 3.63) is 23.8 Å². The van der Waals surface area contributed by atoms with Gasteiger partial charge in [0.05, 0.1) is 7.11 Å². The summed E-state index contributed by atoms with van der Waals surface area (Å²) in [6.45, 7) is 1.76. The first-order chi connectivity index (χ1) is 9.35. The summed E-state index contributed by atoms with van der Waals surface area (Å²) < 4.78 is 32.0. The monoisotopic (exact) mass is 299 g/mol. The Bertz CT molecular complexity index is 622. The van der Waals surface area contributed by atoms with E-state index in [4.69, 9.17) is 9.84 Å². The van der Waals surface area contributed by atoms with Gasteiger partial charge in [0, 0.05) is 0 Å². The maximum Gasteiger partial charge on any atom is 0.322 e. The first-order valence-corrected chi connectivity index (χ1v) is 7.73. The molecule has 1 unspecified atom stereocenters. The molecule has 20 heavy (non-hydrogen) atoms. The molecule has 110 valence electrons. The minimum atomic E-state index is -3.93. The molecule has 2 N–H and O–H groups in total. The average Bonchev–Trinajstić information content (AvgIpc) is 3.20. The summed E-state index contributed by atoms with van der Waals surface area (Å²) >= 11 is 0. The second kappa shape index (κ2) is 5.41. The maximum absolute atomic E-state index is 12.4. The number of rotatable bonds is 6. The van der Waals surface area contributed by atoms with Crippen LogP contribution in [0.25, 0.3) is 0 Å². The van der Waals surface area contributed by atoms with Crippen LogP contribution in [0.3, 0.4) is 0 Å². The molecule has 0 aromatic heterocycles. The fourth-order valence-electron chi connectivity index (χ4n) is 2.00. The minimum Gasteiger partial charge on any atom is -0.495 e. The fourth-order valence-corrected chi connectivity index (χ4v) is 3.51. The molecule has 1 fully saturated rings. The first kappa shape index (κ1) is 14.8. The number of aryl methyl sites for hydroxylation is 1. The smallest absolute Gasteiger partial charge is 0.322 e. The van der Waals surface area contributed by atoms with Crippen LogP contribution in [-0.2, 0) is 14.8 Å². The molecule has 1 atom stereocenters. The Morgan fingerprint density at radius 1 is 1.45 bits per heavy atom. The zero-order valence-electron chi connectivity index (χ0n) is 11.3. The Kier molecular flexibility index (Phi) is 4.01. The van der Waals surface area contributed by atoms with Crippen LogP contribution in [0.1, 0.15) is 18.4 Å². The molecule has 7 heteroatoms. The molecule has 0 amide bonds. The minimum absolute atomic E-state index is 0.0353. The quantitative estimate of drug-likeness (QED) is 0.822. The van der Waals surface area contributed by atoms with Crippen molar-refractivity contribution in [2.75, 3.05) is 7.11 Å². The van der Waals surface area contributed by atoms with Crippen LogP contribution in [-0.4, -0.2) is 32.6 Å². The molecule has 1 aromatic rings. The SMILES string of the molecule is COc1ccc(C)cc1S(=O)(=O)NC(C(=O)O)C1CC1. The van der Waals surface area contributed by atoms with Gasteiger partial charge in [-0.1, -0.05) is 6.07 Å². The predicted octanol–water partition coefficient (Wildman–Crippen LogP) is 1.15. The van der Waals surface area contributed by atoms with Gasteiger partial charge in [-0.15, -0.1) is 0 Å². The van der Waals surface area contributed by atoms with E-state index in [2.05, 4.69) is 4.72 Å². The van der Waals surface area contributed by atoms with Gasteiger partial charge in [-0.25, -0.2) is 8.42 Å². The number of benzene rings is 1. The highest BCUT2D eigenvalue weighted by Gasteiger charge is 2.39. The molecule has 1 saturated carbocycles. The topological polar surface area (TPSA) is 92.7 Å². The molecular formula is C13H17NO5S. The van der Waals surface area contributed by atoms with E-state index in [0.717, 1.165) is 18.4 Å². The van der Waals surface area contributed by atoms with E-state index >= 15 is 0 Å². The van der Waals surface area contributed by atoms with Gasteiger partial charge in [-0.2, -0.15) is 4.72 Å². The zero-order valence-corrected chi connectivity index (χ0v) is 12.1. The number of nitrogens with one attached hydrogen (secondary N) is 1. The lowest BCUT2D eigenvalue weighted by Gasteiger charge is -2.16. The number of carboxylic acids is 1. The molecule has 0 saturated heterocycles. The molecule has 1 aromatic carbocycles. The van der Waals surface area contributed by atoms with Crippen LogP contribution in [0.5, 0.6) is 5.75 Å². The van der Waals surface area contributed by atoms with Gasteiger partial charge in [0.1, 0.15) is 16.7 Å². The van der Waals surface area contributed by atoms with Crippen LogP contribution in [0.2, 0.25) is 0 Å². The standard InChI is InChI=1S/C13H17NO5S/c1-8-3-6-10(19-2)11(7-8)20(17,18)14-12(13(15)16)9-4-5-9/h3,6-7,9,12,14H,4-5H2,1-2H3,(H,15,16). The molecule has 0 spiro atoms. The van der Waals surface area contributed by atoms with Gasteiger partial charge >= 0.3 is 5.97 Å². The van der Waals surface area contributed by atoms with Crippen molar-refractivity contribution in [3.8, 4) is 5.75 Å². The second-order valence-electron chi connectivity index (χ2n) is 4.93. The lowest BCUT2D eigenvalue weighted by Crippen LogP contribution is -2.42. The molecular weight excluding hydrogens is 282 g/mol. The maximum atomic E-state index is 12.4. The van der Waals surface area contributed by atoms with Gasteiger partial charge in [0.25, 0.3) is 0 Å². The van der Waals surface area contributed by atoms with Crippen LogP contribution in [0.4, 0.5) is 0 Å². The van der Waals surface area contributed by atoms with Gasteiger partial charge in [0.2, 0.25) is 10.0 Å². The highest BCUT2D eigenvalue weighted by molar-refractivity contribution is 7.89. The Labute approximate surface area is 117 Å². The Hall–Kier alpha value is -1.60. The number of sulfonamides is 1. The van der Waals surface area contributed by atoms with Crippen molar-refractivity contribution in [1.82, 2.24) is 4.72 Å². The fraction of sp³-hybridized carbons (Fsp3) is 0.462. The van der Waals surface area contributed by atoms with Crippen molar-refractivity contribution in [1.29, 1.82) is 0 Å². The predicted molar refractivity (Wildman–Crippen MR) is 72.2 cm³/mol. The van der Waals surface area contributed by atoms with Gasteiger partial charge < -0.3 is 9.84 Å². The molecule has 0 aliphatic heterocycles.